The number of carbonyl (C=O) groups is 1. The quantitative estimate of drug-likeness (QED) is 0.795. The number of aryl methyl sites for hydroxylation is 2. The average Bonchev–Trinajstić information content (AvgIpc) is 2.75. The Bertz CT molecular complexity index is 388. The zero-order valence-electron chi connectivity index (χ0n) is 11.5. The fourth-order valence-electron chi connectivity index (χ4n) is 1.85. The molecule has 1 N–H and O–H groups in total. The topological polar surface area (TPSA) is 58.4 Å². The second kappa shape index (κ2) is 7.16. The van der Waals surface area contributed by atoms with Gasteiger partial charge in [0.1, 0.15) is 5.69 Å². The highest BCUT2D eigenvalue weighted by atomic mass is 16.3. The number of hydrogen-bond donors (Lipinski definition) is 1. The molecule has 1 amide bonds. The predicted molar refractivity (Wildman–Crippen MR) is 70.5 cm³/mol. The van der Waals surface area contributed by atoms with E-state index in [4.69, 9.17) is 5.11 Å². The number of aliphatic hydroxyl groups is 1. The molecule has 1 aromatic heterocycles. The Balaban J connectivity index is 2.83. The van der Waals surface area contributed by atoms with Crippen molar-refractivity contribution in [1.29, 1.82) is 0 Å². The summed E-state index contributed by atoms with van der Waals surface area (Å²) in [7, 11) is 1.78. The van der Waals surface area contributed by atoms with Crippen LogP contribution in [0.25, 0.3) is 0 Å². The largest absolute Gasteiger partial charge is 0.395 e. The Kier molecular flexibility index (Phi) is 5.85. The molecule has 0 atom stereocenters. The fourth-order valence-corrected chi connectivity index (χ4v) is 1.85. The van der Waals surface area contributed by atoms with Crippen LogP contribution in [-0.4, -0.2) is 45.4 Å². The highest BCUT2D eigenvalue weighted by molar-refractivity contribution is 5.92. The van der Waals surface area contributed by atoms with Gasteiger partial charge in [0.25, 0.3) is 5.91 Å². The Morgan fingerprint density at radius 1 is 1.44 bits per heavy atom. The minimum Gasteiger partial charge on any atom is -0.395 e. The smallest absolute Gasteiger partial charge is 0.272 e. The predicted octanol–water partition coefficient (Wildman–Crippen LogP) is 1.22. The lowest BCUT2D eigenvalue weighted by Crippen LogP contribution is -2.35. The van der Waals surface area contributed by atoms with E-state index in [1.54, 1.807) is 16.6 Å². The maximum atomic E-state index is 12.3. The molecule has 0 saturated heterocycles. The van der Waals surface area contributed by atoms with Gasteiger partial charge in [-0.1, -0.05) is 20.3 Å². The first-order chi connectivity index (χ1) is 8.63. The SMILES string of the molecule is CCCCN(CCO)C(=O)c1cc(CC)nn1C. The van der Waals surface area contributed by atoms with Crippen LogP contribution in [0.3, 0.4) is 0 Å². The Morgan fingerprint density at radius 3 is 2.67 bits per heavy atom. The summed E-state index contributed by atoms with van der Waals surface area (Å²) in [6.45, 7) is 5.15. The number of amides is 1. The van der Waals surface area contributed by atoms with Gasteiger partial charge in [-0.3, -0.25) is 9.48 Å². The second-order valence-corrected chi connectivity index (χ2v) is 4.37. The van der Waals surface area contributed by atoms with Crippen LogP contribution in [0.1, 0.15) is 42.9 Å². The van der Waals surface area contributed by atoms with E-state index in [2.05, 4.69) is 12.0 Å². The number of unbranched alkanes of at least 4 members (excludes halogenated alkanes) is 1. The first kappa shape index (κ1) is 14.7. The van der Waals surface area contributed by atoms with Crippen LogP contribution < -0.4 is 0 Å². The molecule has 0 bridgehead atoms. The second-order valence-electron chi connectivity index (χ2n) is 4.37. The lowest BCUT2D eigenvalue weighted by atomic mass is 10.2. The van der Waals surface area contributed by atoms with Crippen LogP contribution in [0.4, 0.5) is 0 Å². The van der Waals surface area contributed by atoms with Crippen molar-refractivity contribution in [3.63, 3.8) is 0 Å². The maximum absolute atomic E-state index is 12.3. The molecule has 102 valence electrons. The molecular weight excluding hydrogens is 230 g/mol. The molecule has 1 heterocycles. The van der Waals surface area contributed by atoms with Gasteiger partial charge >= 0.3 is 0 Å². The molecule has 5 heteroatoms. The van der Waals surface area contributed by atoms with Gasteiger partial charge in [0.05, 0.1) is 12.3 Å². The summed E-state index contributed by atoms with van der Waals surface area (Å²) in [6, 6.07) is 1.83. The van der Waals surface area contributed by atoms with Crippen LogP contribution in [0.15, 0.2) is 6.07 Å². The lowest BCUT2D eigenvalue weighted by Gasteiger charge is -2.21. The van der Waals surface area contributed by atoms with E-state index < -0.39 is 0 Å². The summed E-state index contributed by atoms with van der Waals surface area (Å²) in [5, 5.41) is 13.3. The van der Waals surface area contributed by atoms with Crippen molar-refractivity contribution in [3.8, 4) is 0 Å². The summed E-state index contributed by atoms with van der Waals surface area (Å²) in [4.78, 5) is 14.0. The van der Waals surface area contributed by atoms with Crippen LogP contribution in [0.5, 0.6) is 0 Å². The number of nitrogens with zero attached hydrogens (tertiary/aromatic N) is 3. The monoisotopic (exact) mass is 253 g/mol. The van der Waals surface area contributed by atoms with E-state index >= 15 is 0 Å². The Hall–Kier alpha value is -1.36. The highest BCUT2D eigenvalue weighted by Gasteiger charge is 2.19. The maximum Gasteiger partial charge on any atom is 0.272 e. The minimum atomic E-state index is -0.0489. The molecule has 0 spiro atoms. The molecule has 1 rings (SSSR count). The van der Waals surface area contributed by atoms with Gasteiger partial charge in [0.2, 0.25) is 0 Å². The zero-order valence-corrected chi connectivity index (χ0v) is 11.5. The van der Waals surface area contributed by atoms with E-state index in [1.165, 1.54) is 0 Å². The van der Waals surface area contributed by atoms with Gasteiger partial charge in [-0.25, -0.2) is 0 Å². The molecule has 5 nitrogen and oxygen atoms in total. The number of rotatable bonds is 7. The van der Waals surface area contributed by atoms with E-state index in [9.17, 15) is 4.79 Å². The third-order valence-corrected chi connectivity index (χ3v) is 2.95. The molecule has 0 aliphatic rings. The summed E-state index contributed by atoms with van der Waals surface area (Å²) in [5.41, 5.74) is 1.51. The van der Waals surface area contributed by atoms with Crippen molar-refractivity contribution in [2.75, 3.05) is 19.7 Å². The number of aromatic nitrogens is 2. The van der Waals surface area contributed by atoms with Crippen molar-refractivity contribution >= 4 is 5.91 Å². The van der Waals surface area contributed by atoms with Crippen molar-refractivity contribution < 1.29 is 9.90 Å². The third-order valence-electron chi connectivity index (χ3n) is 2.95. The first-order valence-corrected chi connectivity index (χ1v) is 6.57. The van der Waals surface area contributed by atoms with Crippen LogP contribution in [0, 0.1) is 0 Å². The average molecular weight is 253 g/mol. The Labute approximate surface area is 108 Å². The molecule has 1 aromatic rings. The normalized spacial score (nSPS) is 10.7. The molecule has 0 radical (unpaired) electrons. The van der Waals surface area contributed by atoms with Crippen LogP contribution in [-0.2, 0) is 13.5 Å². The third kappa shape index (κ3) is 3.57. The van der Waals surface area contributed by atoms with Crippen molar-refractivity contribution in [2.45, 2.75) is 33.1 Å². The van der Waals surface area contributed by atoms with E-state index in [0.717, 1.165) is 25.0 Å². The van der Waals surface area contributed by atoms with Crippen LogP contribution in [0.2, 0.25) is 0 Å². The molecule has 0 aromatic carbocycles. The van der Waals surface area contributed by atoms with Crippen LogP contribution >= 0.6 is 0 Å². The highest BCUT2D eigenvalue weighted by Crippen LogP contribution is 2.08. The summed E-state index contributed by atoms with van der Waals surface area (Å²) >= 11 is 0. The summed E-state index contributed by atoms with van der Waals surface area (Å²) < 4.78 is 1.62. The Morgan fingerprint density at radius 2 is 2.17 bits per heavy atom. The number of hydrogen-bond acceptors (Lipinski definition) is 3. The minimum absolute atomic E-state index is 0.00601. The molecule has 18 heavy (non-hydrogen) atoms. The zero-order chi connectivity index (χ0) is 13.5. The summed E-state index contributed by atoms with van der Waals surface area (Å²) in [5.74, 6) is -0.0489. The van der Waals surface area contributed by atoms with E-state index in [-0.39, 0.29) is 12.5 Å². The molecule has 0 unspecified atom stereocenters. The summed E-state index contributed by atoms with van der Waals surface area (Å²) in [6.07, 6.45) is 2.79. The number of aliphatic hydroxyl groups excluding tert-OH is 1. The molecular formula is C13H23N3O2. The van der Waals surface area contributed by atoms with Gasteiger partial charge in [0, 0.05) is 20.1 Å². The van der Waals surface area contributed by atoms with Gasteiger partial charge in [-0.05, 0) is 18.9 Å². The molecule has 0 saturated carbocycles. The molecule has 0 fully saturated rings. The van der Waals surface area contributed by atoms with Crippen molar-refractivity contribution in [1.82, 2.24) is 14.7 Å². The van der Waals surface area contributed by atoms with E-state index in [0.29, 0.717) is 18.8 Å². The fraction of sp³-hybridized carbons (Fsp3) is 0.692. The first-order valence-electron chi connectivity index (χ1n) is 6.57. The van der Waals surface area contributed by atoms with Gasteiger partial charge < -0.3 is 10.0 Å². The van der Waals surface area contributed by atoms with E-state index in [1.807, 2.05) is 13.0 Å². The van der Waals surface area contributed by atoms with Gasteiger partial charge in [0.15, 0.2) is 0 Å². The lowest BCUT2D eigenvalue weighted by molar-refractivity contribution is 0.0708. The van der Waals surface area contributed by atoms with Crippen molar-refractivity contribution in [2.24, 2.45) is 7.05 Å². The number of carbonyl (C=O) groups excluding carboxylic acids is 1. The standard InChI is InChI=1S/C13H23N3O2/c1-4-6-7-16(8-9-17)13(18)12-10-11(5-2)14-15(12)3/h10,17H,4-9H2,1-3H3. The van der Waals surface area contributed by atoms with Gasteiger partial charge in [-0.15, -0.1) is 0 Å². The van der Waals surface area contributed by atoms with Crippen molar-refractivity contribution in [3.05, 3.63) is 17.5 Å². The molecule has 0 aliphatic carbocycles. The molecule has 0 aliphatic heterocycles. The van der Waals surface area contributed by atoms with Gasteiger partial charge in [-0.2, -0.15) is 5.10 Å².